The zero-order valence-corrected chi connectivity index (χ0v) is 9.28. The van der Waals surface area contributed by atoms with Crippen LogP contribution in [0.5, 0.6) is 11.5 Å². The molecule has 1 heterocycles. The molecule has 1 aliphatic rings. The number of nitrogens with two attached hydrogens (primary N) is 1. The third kappa shape index (κ3) is 2.46. The van der Waals surface area contributed by atoms with Crippen LogP contribution in [-0.2, 0) is 0 Å². The number of fused-ring (bicyclic) bond motifs is 1. The van der Waals surface area contributed by atoms with Crippen LogP contribution < -0.4 is 15.8 Å². The van der Waals surface area contributed by atoms with Gasteiger partial charge in [0.1, 0.15) is 11.5 Å². The Morgan fingerprint density at radius 3 is 3.19 bits per heavy atom. The molecule has 4 nitrogen and oxygen atoms in total. The number of phenolic OH excluding ortho intramolecular Hbond substituents is 1. The van der Waals surface area contributed by atoms with E-state index in [1.165, 1.54) is 0 Å². The Labute approximate surface area is 95.4 Å². The van der Waals surface area contributed by atoms with Crippen molar-refractivity contribution in [2.45, 2.75) is 18.9 Å². The topological polar surface area (TPSA) is 67.5 Å². The van der Waals surface area contributed by atoms with Crippen molar-refractivity contribution in [3.05, 3.63) is 23.8 Å². The van der Waals surface area contributed by atoms with Gasteiger partial charge in [-0.15, -0.1) is 0 Å². The molecule has 1 aliphatic heterocycles. The van der Waals surface area contributed by atoms with E-state index in [-0.39, 0.29) is 11.8 Å². The molecule has 4 N–H and O–H groups in total. The smallest absolute Gasteiger partial charge is 0.124 e. The Morgan fingerprint density at radius 1 is 1.50 bits per heavy atom. The Kier molecular flexibility index (Phi) is 3.64. The Morgan fingerprint density at radius 2 is 2.38 bits per heavy atom. The zero-order valence-electron chi connectivity index (χ0n) is 9.28. The van der Waals surface area contributed by atoms with E-state index in [9.17, 15) is 5.11 Å². The number of hydrogen-bond donors (Lipinski definition) is 3. The molecule has 16 heavy (non-hydrogen) atoms. The predicted octanol–water partition coefficient (Wildman–Crippen LogP) is 1.15. The van der Waals surface area contributed by atoms with E-state index in [4.69, 9.17) is 10.5 Å². The van der Waals surface area contributed by atoms with Gasteiger partial charge < -0.3 is 20.9 Å². The van der Waals surface area contributed by atoms with Crippen LogP contribution in [0.4, 0.5) is 0 Å². The molecule has 1 aromatic carbocycles. The highest BCUT2D eigenvalue weighted by atomic mass is 16.5. The number of nitrogens with one attached hydrogen (secondary N) is 1. The molecule has 0 amide bonds. The summed E-state index contributed by atoms with van der Waals surface area (Å²) in [7, 11) is 0. The van der Waals surface area contributed by atoms with Gasteiger partial charge in [-0.25, -0.2) is 0 Å². The lowest BCUT2D eigenvalue weighted by Crippen LogP contribution is -2.28. The molecule has 0 fully saturated rings. The van der Waals surface area contributed by atoms with Gasteiger partial charge in [-0.05, 0) is 37.7 Å². The average molecular weight is 222 g/mol. The minimum Gasteiger partial charge on any atom is -0.508 e. The second-order valence-electron chi connectivity index (χ2n) is 4.01. The molecular formula is C12H18N2O2. The molecule has 1 atom stereocenters. The van der Waals surface area contributed by atoms with E-state index in [1.54, 1.807) is 12.1 Å². The maximum atomic E-state index is 9.47. The van der Waals surface area contributed by atoms with Crippen molar-refractivity contribution < 1.29 is 9.84 Å². The number of hydrogen-bond acceptors (Lipinski definition) is 4. The van der Waals surface area contributed by atoms with Gasteiger partial charge in [-0.2, -0.15) is 0 Å². The highest BCUT2D eigenvalue weighted by molar-refractivity contribution is 5.42. The molecular weight excluding hydrogens is 204 g/mol. The quantitative estimate of drug-likeness (QED) is 0.669. The SMILES string of the molecule is NCCCNC1CCOc2ccc(O)cc21. The molecule has 2 rings (SSSR count). The van der Waals surface area contributed by atoms with Gasteiger partial charge in [0.05, 0.1) is 6.61 Å². The predicted molar refractivity (Wildman–Crippen MR) is 62.6 cm³/mol. The fourth-order valence-corrected chi connectivity index (χ4v) is 1.97. The van der Waals surface area contributed by atoms with Crippen molar-refractivity contribution in [3.8, 4) is 11.5 Å². The van der Waals surface area contributed by atoms with Crippen molar-refractivity contribution >= 4 is 0 Å². The number of ether oxygens (including phenoxy) is 1. The highest BCUT2D eigenvalue weighted by Gasteiger charge is 2.20. The van der Waals surface area contributed by atoms with Crippen LogP contribution in [0.15, 0.2) is 18.2 Å². The lowest BCUT2D eigenvalue weighted by molar-refractivity contribution is 0.252. The van der Waals surface area contributed by atoms with Crippen molar-refractivity contribution in [1.82, 2.24) is 5.32 Å². The summed E-state index contributed by atoms with van der Waals surface area (Å²) in [6, 6.07) is 5.51. The fraction of sp³-hybridized carbons (Fsp3) is 0.500. The molecule has 0 bridgehead atoms. The van der Waals surface area contributed by atoms with E-state index >= 15 is 0 Å². The van der Waals surface area contributed by atoms with Gasteiger partial charge in [0, 0.05) is 18.0 Å². The van der Waals surface area contributed by atoms with E-state index in [2.05, 4.69) is 5.32 Å². The molecule has 0 saturated carbocycles. The van der Waals surface area contributed by atoms with Crippen LogP contribution in [0.3, 0.4) is 0 Å². The van der Waals surface area contributed by atoms with Gasteiger partial charge in [-0.1, -0.05) is 0 Å². The Balaban J connectivity index is 2.09. The van der Waals surface area contributed by atoms with E-state index in [1.807, 2.05) is 6.07 Å². The molecule has 1 unspecified atom stereocenters. The standard InChI is InChI=1S/C12H18N2O2/c13-5-1-6-14-11-4-7-16-12-3-2-9(15)8-10(11)12/h2-3,8,11,14-15H,1,4-7,13H2. The van der Waals surface area contributed by atoms with Gasteiger partial charge in [-0.3, -0.25) is 0 Å². The summed E-state index contributed by atoms with van der Waals surface area (Å²) in [5.41, 5.74) is 6.50. The van der Waals surface area contributed by atoms with Gasteiger partial charge in [0.25, 0.3) is 0 Å². The summed E-state index contributed by atoms with van der Waals surface area (Å²) in [5, 5.41) is 12.9. The van der Waals surface area contributed by atoms with Crippen LogP contribution in [0.25, 0.3) is 0 Å². The number of aromatic hydroxyl groups is 1. The van der Waals surface area contributed by atoms with Crippen LogP contribution in [0.1, 0.15) is 24.4 Å². The van der Waals surface area contributed by atoms with Crippen LogP contribution in [0.2, 0.25) is 0 Å². The molecule has 0 aliphatic carbocycles. The van der Waals surface area contributed by atoms with Crippen molar-refractivity contribution in [2.75, 3.05) is 19.7 Å². The summed E-state index contributed by atoms with van der Waals surface area (Å²) in [6.45, 7) is 2.32. The first-order valence-electron chi connectivity index (χ1n) is 5.70. The lowest BCUT2D eigenvalue weighted by Gasteiger charge is -2.26. The van der Waals surface area contributed by atoms with Crippen molar-refractivity contribution in [1.29, 1.82) is 0 Å². The van der Waals surface area contributed by atoms with E-state index in [0.717, 1.165) is 37.3 Å². The maximum absolute atomic E-state index is 9.47. The number of phenols is 1. The molecule has 88 valence electrons. The molecule has 4 heteroatoms. The summed E-state index contributed by atoms with van der Waals surface area (Å²) >= 11 is 0. The molecule has 0 radical (unpaired) electrons. The first-order chi connectivity index (χ1) is 7.81. The Bertz CT molecular complexity index is 355. The van der Waals surface area contributed by atoms with Gasteiger partial charge in [0.2, 0.25) is 0 Å². The van der Waals surface area contributed by atoms with E-state index in [0.29, 0.717) is 6.54 Å². The van der Waals surface area contributed by atoms with Crippen LogP contribution >= 0.6 is 0 Å². The monoisotopic (exact) mass is 222 g/mol. The summed E-state index contributed by atoms with van der Waals surface area (Å²) in [6.07, 6.45) is 1.90. The number of benzene rings is 1. The normalized spacial score (nSPS) is 18.9. The van der Waals surface area contributed by atoms with Crippen LogP contribution in [-0.4, -0.2) is 24.8 Å². The van der Waals surface area contributed by atoms with Crippen molar-refractivity contribution in [2.24, 2.45) is 5.73 Å². The Hall–Kier alpha value is -1.26. The van der Waals surface area contributed by atoms with Crippen molar-refractivity contribution in [3.63, 3.8) is 0 Å². The maximum Gasteiger partial charge on any atom is 0.124 e. The second-order valence-corrected chi connectivity index (χ2v) is 4.01. The number of rotatable bonds is 4. The highest BCUT2D eigenvalue weighted by Crippen LogP contribution is 2.34. The fourth-order valence-electron chi connectivity index (χ4n) is 1.97. The summed E-state index contributed by atoms with van der Waals surface area (Å²) in [4.78, 5) is 0. The third-order valence-electron chi connectivity index (χ3n) is 2.80. The summed E-state index contributed by atoms with van der Waals surface area (Å²) < 4.78 is 5.54. The second kappa shape index (κ2) is 5.18. The molecule has 0 saturated heterocycles. The zero-order chi connectivity index (χ0) is 11.4. The first kappa shape index (κ1) is 11.2. The minimum absolute atomic E-state index is 0.266. The largest absolute Gasteiger partial charge is 0.508 e. The van der Waals surface area contributed by atoms with Gasteiger partial charge in [0.15, 0.2) is 0 Å². The molecule has 0 aromatic heterocycles. The molecule has 0 spiro atoms. The third-order valence-corrected chi connectivity index (χ3v) is 2.80. The average Bonchev–Trinajstić information content (AvgIpc) is 2.30. The van der Waals surface area contributed by atoms with Gasteiger partial charge >= 0.3 is 0 Å². The summed E-state index contributed by atoms with van der Waals surface area (Å²) in [5.74, 6) is 1.16. The lowest BCUT2D eigenvalue weighted by atomic mass is 10.00. The van der Waals surface area contributed by atoms with Crippen LogP contribution in [0, 0.1) is 0 Å². The van der Waals surface area contributed by atoms with E-state index < -0.39 is 0 Å². The minimum atomic E-state index is 0.266. The first-order valence-corrected chi connectivity index (χ1v) is 5.70. The molecule has 1 aromatic rings.